The number of unbranched alkanes of at least 4 members (excludes halogenated alkanes) is 1. The number of piperidine rings is 1. The van der Waals surface area contributed by atoms with Crippen LogP contribution in [0.2, 0.25) is 0 Å². The summed E-state index contributed by atoms with van der Waals surface area (Å²) in [6.07, 6.45) is 8.99. The van der Waals surface area contributed by atoms with Gasteiger partial charge in [-0.25, -0.2) is 0 Å². The molecule has 2 unspecified atom stereocenters. The largest absolute Gasteiger partial charge is 0.314 e. The molecular formula is C17H31N3. The van der Waals surface area contributed by atoms with Gasteiger partial charge in [0, 0.05) is 12.6 Å². The van der Waals surface area contributed by atoms with Crippen LogP contribution < -0.4 is 5.32 Å². The molecule has 2 heterocycles. The molecule has 0 aromatic rings. The molecule has 0 aliphatic carbocycles. The minimum atomic E-state index is -0.141. The predicted octanol–water partition coefficient (Wildman–Crippen LogP) is 3.17. The predicted molar refractivity (Wildman–Crippen MR) is 83.4 cm³/mol. The van der Waals surface area contributed by atoms with E-state index in [1.165, 1.54) is 64.7 Å². The average molecular weight is 277 g/mol. The lowest BCUT2D eigenvalue weighted by atomic mass is 9.88. The first kappa shape index (κ1) is 15.8. The van der Waals surface area contributed by atoms with Crippen molar-refractivity contribution in [3.8, 4) is 6.07 Å². The van der Waals surface area contributed by atoms with Gasteiger partial charge < -0.3 is 10.2 Å². The van der Waals surface area contributed by atoms with Crippen molar-refractivity contribution < 1.29 is 0 Å². The Bertz CT molecular complexity index is 326. The minimum absolute atomic E-state index is 0.141. The zero-order valence-electron chi connectivity index (χ0n) is 13.3. The molecule has 20 heavy (non-hydrogen) atoms. The lowest BCUT2D eigenvalue weighted by Crippen LogP contribution is -2.43. The Morgan fingerprint density at radius 3 is 2.80 bits per heavy atom. The zero-order valence-corrected chi connectivity index (χ0v) is 13.3. The summed E-state index contributed by atoms with van der Waals surface area (Å²) in [6, 6.07) is 3.19. The molecule has 0 radical (unpaired) electrons. The van der Waals surface area contributed by atoms with E-state index in [2.05, 4.69) is 30.1 Å². The van der Waals surface area contributed by atoms with Gasteiger partial charge in [0.25, 0.3) is 0 Å². The van der Waals surface area contributed by atoms with E-state index in [0.717, 1.165) is 18.4 Å². The Kier molecular flexibility index (Phi) is 5.86. The Balaban J connectivity index is 1.64. The second-order valence-corrected chi connectivity index (χ2v) is 7.36. The summed E-state index contributed by atoms with van der Waals surface area (Å²) in [5.74, 6) is 0.877. The lowest BCUT2D eigenvalue weighted by molar-refractivity contribution is 0.148. The van der Waals surface area contributed by atoms with E-state index in [0.29, 0.717) is 0 Å². The summed E-state index contributed by atoms with van der Waals surface area (Å²) in [5.41, 5.74) is -0.141. The number of hydrogen-bond donors (Lipinski definition) is 1. The van der Waals surface area contributed by atoms with E-state index in [9.17, 15) is 0 Å². The number of hydrogen-bond acceptors (Lipinski definition) is 3. The van der Waals surface area contributed by atoms with Gasteiger partial charge in [0.2, 0.25) is 0 Å². The molecule has 114 valence electrons. The van der Waals surface area contributed by atoms with Crippen LogP contribution in [0.3, 0.4) is 0 Å². The van der Waals surface area contributed by atoms with Gasteiger partial charge in [-0.3, -0.25) is 0 Å². The summed E-state index contributed by atoms with van der Waals surface area (Å²) in [5, 5.41) is 12.7. The van der Waals surface area contributed by atoms with Gasteiger partial charge in [0.05, 0.1) is 11.5 Å². The average Bonchev–Trinajstić information content (AvgIpc) is 2.98. The molecular weight excluding hydrogens is 246 g/mol. The van der Waals surface area contributed by atoms with Gasteiger partial charge in [-0.15, -0.1) is 0 Å². The van der Waals surface area contributed by atoms with E-state index in [1.54, 1.807) is 0 Å². The van der Waals surface area contributed by atoms with Crippen molar-refractivity contribution in [2.45, 2.75) is 64.8 Å². The maximum atomic E-state index is 9.03. The minimum Gasteiger partial charge on any atom is -0.314 e. The van der Waals surface area contributed by atoms with Crippen molar-refractivity contribution >= 4 is 0 Å². The molecule has 0 bridgehead atoms. The van der Waals surface area contributed by atoms with Gasteiger partial charge in [-0.2, -0.15) is 5.26 Å². The molecule has 1 N–H and O–H groups in total. The lowest BCUT2D eigenvalue weighted by Gasteiger charge is -2.36. The van der Waals surface area contributed by atoms with Crippen LogP contribution >= 0.6 is 0 Å². The quantitative estimate of drug-likeness (QED) is 0.758. The van der Waals surface area contributed by atoms with Gasteiger partial charge in [0.1, 0.15) is 0 Å². The summed E-state index contributed by atoms with van der Waals surface area (Å²) < 4.78 is 0. The smallest absolute Gasteiger partial charge is 0.0683 e. The standard InChI is InChI=1S/C17H31N3/c1-17(2,14-18)9-3-4-11-20-12-6-7-15(13-20)16-8-5-10-19-16/h15-16,19H,3-13H2,1-2H3. The molecule has 2 atom stereocenters. The highest BCUT2D eigenvalue weighted by Crippen LogP contribution is 2.26. The van der Waals surface area contributed by atoms with Crippen LogP contribution in [0.5, 0.6) is 0 Å². The SMILES string of the molecule is CC(C)(C#N)CCCCN1CCCC(C2CCCN2)C1. The normalized spacial score (nSPS) is 28.4. The molecule has 0 amide bonds. The molecule has 2 aliphatic heterocycles. The Labute approximate surface area is 124 Å². The van der Waals surface area contributed by atoms with E-state index in [-0.39, 0.29) is 5.41 Å². The molecule has 0 aromatic carbocycles. The summed E-state index contributed by atoms with van der Waals surface area (Å²) in [4.78, 5) is 2.66. The second kappa shape index (κ2) is 7.43. The fraction of sp³-hybridized carbons (Fsp3) is 0.941. The molecule has 0 spiro atoms. The number of likely N-dealkylation sites (tertiary alicyclic amines) is 1. The highest BCUT2D eigenvalue weighted by molar-refractivity contribution is 4.91. The first-order valence-electron chi connectivity index (χ1n) is 8.48. The van der Waals surface area contributed by atoms with Crippen molar-refractivity contribution in [3.63, 3.8) is 0 Å². The molecule has 3 nitrogen and oxygen atoms in total. The van der Waals surface area contributed by atoms with Crippen LogP contribution in [-0.2, 0) is 0 Å². The fourth-order valence-electron chi connectivity index (χ4n) is 3.69. The monoisotopic (exact) mass is 277 g/mol. The van der Waals surface area contributed by atoms with Crippen molar-refractivity contribution in [1.29, 1.82) is 5.26 Å². The van der Waals surface area contributed by atoms with Crippen molar-refractivity contribution in [2.75, 3.05) is 26.2 Å². The van der Waals surface area contributed by atoms with Gasteiger partial charge in [0.15, 0.2) is 0 Å². The summed E-state index contributed by atoms with van der Waals surface area (Å²) in [6.45, 7) is 9.13. The number of nitrogens with zero attached hydrogens (tertiary/aromatic N) is 2. The van der Waals surface area contributed by atoms with E-state index < -0.39 is 0 Å². The van der Waals surface area contributed by atoms with Crippen LogP contribution in [0.1, 0.15) is 58.8 Å². The van der Waals surface area contributed by atoms with Crippen molar-refractivity contribution in [2.24, 2.45) is 11.3 Å². The highest BCUT2D eigenvalue weighted by atomic mass is 15.1. The highest BCUT2D eigenvalue weighted by Gasteiger charge is 2.28. The molecule has 2 saturated heterocycles. The van der Waals surface area contributed by atoms with Gasteiger partial charge in [-0.1, -0.05) is 6.42 Å². The molecule has 0 saturated carbocycles. The van der Waals surface area contributed by atoms with E-state index >= 15 is 0 Å². The summed E-state index contributed by atoms with van der Waals surface area (Å²) in [7, 11) is 0. The zero-order chi connectivity index (χ0) is 14.4. The fourth-order valence-corrected chi connectivity index (χ4v) is 3.69. The van der Waals surface area contributed by atoms with Gasteiger partial charge in [-0.05, 0) is 77.9 Å². The third kappa shape index (κ3) is 4.75. The third-order valence-electron chi connectivity index (χ3n) is 5.04. The van der Waals surface area contributed by atoms with E-state index in [4.69, 9.17) is 5.26 Å². The first-order chi connectivity index (χ1) is 9.61. The van der Waals surface area contributed by atoms with Crippen molar-refractivity contribution in [1.82, 2.24) is 10.2 Å². The first-order valence-corrected chi connectivity index (χ1v) is 8.48. The molecule has 2 aliphatic rings. The second-order valence-electron chi connectivity index (χ2n) is 7.36. The number of nitriles is 1. The van der Waals surface area contributed by atoms with Crippen LogP contribution in [0.4, 0.5) is 0 Å². The molecule has 0 aromatic heterocycles. The maximum Gasteiger partial charge on any atom is 0.0683 e. The van der Waals surface area contributed by atoms with Gasteiger partial charge >= 0.3 is 0 Å². The van der Waals surface area contributed by atoms with Crippen LogP contribution in [0.15, 0.2) is 0 Å². The van der Waals surface area contributed by atoms with Crippen LogP contribution in [0, 0.1) is 22.7 Å². The number of nitrogens with one attached hydrogen (secondary N) is 1. The molecule has 3 heteroatoms. The topological polar surface area (TPSA) is 39.1 Å². The maximum absolute atomic E-state index is 9.03. The molecule has 2 fully saturated rings. The number of rotatable bonds is 6. The Morgan fingerprint density at radius 1 is 1.25 bits per heavy atom. The molecule has 2 rings (SSSR count). The Hall–Kier alpha value is -0.590. The van der Waals surface area contributed by atoms with Crippen LogP contribution in [-0.4, -0.2) is 37.1 Å². The van der Waals surface area contributed by atoms with Crippen molar-refractivity contribution in [3.05, 3.63) is 0 Å². The third-order valence-corrected chi connectivity index (χ3v) is 5.04. The van der Waals surface area contributed by atoms with E-state index in [1.807, 2.05) is 0 Å². The summed E-state index contributed by atoms with van der Waals surface area (Å²) >= 11 is 0. The van der Waals surface area contributed by atoms with Crippen LogP contribution in [0.25, 0.3) is 0 Å². The Morgan fingerprint density at radius 2 is 2.10 bits per heavy atom.